The lowest BCUT2D eigenvalue weighted by Crippen LogP contribution is -2.07. The molecule has 0 aliphatic heterocycles. The average Bonchev–Trinajstić information content (AvgIpc) is 2.62. The van der Waals surface area contributed by atoms with Crippen molar-refractivity contribution in [3.63, 3.8) is 0 Å². The van der Waals surface area contributed by atoms with Crippen LogP contribution in [0.2, 0.25) is 0 Å². The van der Waals surface area contributed by atoms with Crippen molar-refractivity contribution in [1.29, 1.82) is 0 Å². The smallest absolute Gasteiger partial charge is 0.225 e. The maximum Gasteiger partial charge on any atom is 0.225 e. The molecule has 2 N–H and O–H groups in total. The molecule has 3 rings (SSSR count). The summed E-state index contributed by atoms with van der Waals surface area (Å²) < 4.78 is 0. The van der Waals surface area contributed by atoms with Crippen molar-refractivity contribution in [3.8, 4) is 0 Å². The summed E-state index contributed by atoms with van der Waals surface area (Å²) in [5, 5.41) is 6.79. The zero-order chi connectivity index (χ0) is 17.6. The van der Waals surface area contributed by atoms with Gasteiger partial charge in [0.1, 0.15) is 5.82 Å². The highest BCUT2D eigenvalue weighted by Gasteiger charge is 2.07. The number of nitrogens with one attached hydrogen (secondary N) is 2. The first-order chi connectivity index (χ1) is 12.2. The maximum atomic E-state index is 4.63. The van der Waals surface area contributed by atoms with Gasteiger partial charge >= 0.3 is 0 Å². The SMILES string of the molecule is CCc1cccc(C)c1Nc1cc(C)nc(NCc2ccccc2)n1. The fraction of sp³-hybridized carbons (Fsp3) is 0.238. The van der Waals surface area contributed by atoms with Crippen molar-refractivity contribution in [2.24, 2.45) is 0 Å². The minimum absolute atomic E-state index is 0.637. The van der Waals surface area contributed by atoms with E-state index in [-0.39, 0.29) is 0 Å². The van der Waals surface area contributed by atoms with Crippen LogP contribution in [0.25, 0.3) is 0 Å². The number of para-hydroxylation sites is 1. The molecule has 3 aromatic rings. The number of hydrogen-bond donors (Lipinski definition) is 2. The van der Waals surface area contributed by atoms with E-state index in [1.807, 2.05) is 31.2 Å². The van der Waals surface area contributed by atoms with Crippen LogP contribution in [0, 0.1) is 13.8 Å². The number of anilines is 3. The summed E-state index contributed by atoms with van der Waals surface area (Å²) in [7, 11) is 0. The van der Waals surface area contributed by atoms with Gasteiger partial charge in [-0.1, -0.05) is 55.5 Å². The van der Waals surface area contributed by atoms with E-state index in [0.29, 0.717) is 12.5 Å². The third-order valence-electron chi connectivity index (χ3n) is 4.14. The zero-order valence-electron chi connectivity index (χ0n) is 15.0. The van der Waals surface area contributed by atoms with Crippen LogP contribution in [0.5, 0.6) is 0 Å². The maximum absolute atomic E-state index is 4.63. The number of hydrogen-bond acceptors (Lipinski definition) is 4. The first kappa shape index (κ1) is 17.0. The lowest BCUT2D eigenvalue weighted by Gasteiger charge is -2.15. The van der Waals surface area contributed by atoms with Crippen molar-refractivity contribution in [1.82, 2.24) is 9.97 Å². The minimum atomic E-state index is 0.637. The van der Waals surface area contributed by atoms with E-state index in [0.717, 1.165) is 23.6 Å². The van der Waals surface area contributed by atoms with Gasteiger partial charge in [0, 0.05) is 24.0 Å². The van der Waals surface area contributed by atoms with E-state index in [2.05, 4.69) is 64.8 Å². The van der Waals surface area contributed by atoms with Crippen LogP contribution < -0.4 is 10.6 Å². The van der Waals surface area contributed by atoms with E-state index in [1.165, 1.54) is 16.7 Å². The third kappa shape index (κ3) is 4.35. The normalized spacial score (nSPS) is 10.5. The molecule has 0 amide bonds. The van der Waals surface area contributed by atoms with E-state index in [1.54, 1.807) is 0 Å². The monoisotopic (exact) mass is 332 g/mol. The molecule has 0 fully saturated rings. The molecule has 2 aromatic carbocycles. The van der Waals surface area contributed by atoms with Gasteiger partial charge in [0.15, 0.2) is 0 Å². The predicted octanol–water partition coefficient (Wildman–Crippen LogP) is 5.01. The molecule has 0 unspecified atom stereocenters. The van der Waals surface area contributed by atoms with Crippen LogP contribution >= 0.6 is 0 Å². The summed E-state index contributed by atoms with van der Waals surface area (Å²) in [6, 6.07) is 18.6. The van der Waals surface area contributed by atoms with Gasteiger partial charge in [0.25, 0.3) is 0 Å². The van der Waals surface area contributed by atoms with Gasteiger partial charge in [0.05, 0.1) is 0 Å². The Morgan fingerprint density at radius 2 is 1.72 bits per heavy atom. The number of nitrogens with zero attached hydrogens (tertiary/aromatic N) is 2. The fourth-order valence-electron chi connectivity index (χ4n) is 2.82. The molecule has 0 aliphatic carbocycles. The Hall–Kier alpha value is -2.88. The Kier molecular flexibility index (Phi) is 5.29. The summed E-state index contributed by atoms with van der Waals surface area (Å²) >= 11 is 0. The van der Waals surface area contributed by atoms with Crippen molar-refractivity contribution in [2.75, 3.05) is 10.6 Å². The molecule has 0 spiro atoms. The number of aryl methyl sites for hydroxylation is 3. The Morgan fingerprint density at radius 1 is 0.920 bits per heavy atom. The van der Waals surface area contributed by atoms with Crippen LogP contribution in [0.4, 0.5) is 17.5 Å². The molecule has 0 saturated heterocycles. The molecule has 4 heteroatoms. The second kappa shape index (κ2) is 7.79. The molecule has 0 radical (unpaired) electrons. The predicted molar refractivity (Wildman–Crippen MR) is 104 cm³/mol. The number of aromatic nitrogens is 2. The van der Waals surface area contributed by atoms with Crippen molar-refractivity contribution in [2.45, 2.75) is 33.7 Å². The van der Waals surface area contributed by atoms with Crippen LogP contribution in [-0.2, 0) is 13.0 Å². The summed E-state index contributed by atoms with van der Waals surface area (Å²) in [6.45, 7) is 6.97. The van der Waals surface area contributed by atoms with E-state index in [9.17, 15) is 0 Å². The molecule has 0 bridgehead atoms. The van der Waals surface area contributed by atoms with Gasteiger partial charge in [-0.3, -0.25) is 0 Å². The fourth-order valence-corrected chi connectivity index (χ4v) is 2.82. The van der Waals surface area contributed by atoms with Gasteiger partial charge in [-0.15, -0.1) is 0 Å². The molecule has 25 heavy (non-hydrogen) atoms. The van der Waals surface area contributed by atoms with Gasteiger partial charge < -0.3 is 10.6 Å². The highest BCUT2D eigenvalue weighted by atomic mass is 15.1. The second-order valence-electron chi connectivity index (χ2n) is 6.14. The van der Waals surface area contributed by atoms with Crippen molar-refractivity contribution in [3.05, 3.63) is 77.0 Å². The summed E-state index contributed by atoms with van der Waals surface area (Å²) in [5.74, 6) is 1.45. The van der Waals surface area contributed by atoms with Gasteiger partial charge in [-0.05, 0) is 37.0 Å². The van der Waals surface area contributed by atoms with Crippen LogP contribution in [0.1, 0.15) is 29.3 Å². The molecular weight excluding hydrogens is 308 g/mol. The first-order valence-electron chi connectivity index (χ1n) is 8.64. The second-order valence-corrected chi connectivity index (χ2v) is 6.14. The van der Waals surface area contributed by atoms with E-state index < -0.39 is 0 Å². The number of rotatable bonds is 6. The quantitative estimate of drug-likeness (QED) is 0.666. The molecule has 1 heterocycles. The number of benzene rings is 2. The topological polar surface area (TPSA) is 49.8 Å². The van der Waals surface area contributed by atoms with E-state index >= 15 is 0 Å². The molecule has 1 aromatic heterocycles. The Morgan fingerprint density at radius 3 is 2.48 bits per heavy atom. The minimum Gasteiger partial charge on any atom is -0.350 e. The first-order valence-corrected chi connectivity index (χ1v) is 8.64. The van der Waals surface area contributed by atoms with Crippen LogP contribution in [0.15, 0.2) is 54.6 Å². The Balaban J connectivity index is 1.80. The molecule has 0 saturated carbocycles. The highest BCUT2D eigenvalue weighted by Crippen LogP contribution is 2.25. The van der Waals surface area contributed by atoms with Crippen molar-refractivity contribution < 1.29 is 0 Å². The molecule has 0 atom stereocenters. The van der Waals surface area contributed by atoms with E-state index in [4.69, 9.17) is 0 Å². The highest BCUT2D eigenvalue weighted by molar-refractivity contribution is 5.65. The van der Waals surface area contributed by atoms with Gasteiger partial charge in [-0.25, -0.2) is 4.98 Å². The van der Waals surface area contributed by atoms with Gasteiger partial charge in [0.2, 0.25) is 5.95 Å². The molecule has 0 aliphatic rings. The van der Waals surface area contributed by atoms with Crippen LogP contribution in [0.3, 0.4) is 0 Å². The summed E-state index contributed by atoms with van der Waals surface area (Å²) in [5.41, 5.74) is 5.77. The molecule has 128 valence electrons. The third-order valence-corrected chi connectivity index (χ3v) is 4.14. The van der Waals surface area contributed by atoms with Crippen molar-refractivity contribution >= 4 is 17.5 Å². The molecule has 4 nitrogen and oxygen atoms in total. The Bertz CT molecular complexity index is 844. The lowest BCUT2D eigenvalue weighted by molar-refractivity contribution is 1.03. The summed E-state index contributed by atoms with van der Waals surface area (Å²) in [6.07, 6.45) is 0.979. The Labute approximate surface area is 149 Å². The largest absolute Gasteiger partial charge is 0.350 e. The zero-order valence-corrected chi connectivity index (χ0v) is 15.0. The average molecular weight is 332 g/mol. The lowest BCUT2D eigenvalue weighted by atomic mass is 10.1. The van der Waals surface area contributed by atoms with Crippen LogP contribution in [-0.4, -0.2) is 9.97 Å². The standard InChI is InChI=1S/C21H24N4/c1-4-18-12-8-9-15(2)20(18)24-19-13-16(3)23-21(25-19)22-14-17-10-6-5-7-11-17/h5-13H,4,14H2,1-3H3,(H2,22,23,24,25). The molecular formula is C21H24N4. The van der Waals surface area contributed by atoms with Gasteiger partial charge in [-0.2, -0.15) is 4.98 Å². The summed E-state index contributed by atoms with van der Waals surface area (Å²) in [4.78, 5) is 9.12.